The average Bonchev–Trinajstić information content (AvgIpc) is 2.46. The molecule has 2 aromatic rings. The van der Waals surface area contributed by atoms with E-state index < -0.39 is 10.8 Å². The Bertz CT molecular complexity index is 747. The number of aryl methyl sites for hydroxylation is 1. The summed E-state index contributed by atoms with van der Waals surface area (Å²) in [5, 5.41) is 14.3. The summed E-state index contributed by atoms with van der Waals surface area (Å²) in [4.78, 5) is 21.7. The number of rotatable bonds is 5. The van der Waals surface area contributed by atoms with Crippen LogP contribution in [0.25, 0.3) is 0 Å². The summed E-state index contributed by atoms with van der Waals surface area (Å²) in [5.41, 5.74) is 7.53. The van der Waals surface area contributed by atoms with Gasteiger partial charge in [-0.2, -0.15) is 0 Å². The fraction of sp³-hybridized carbons (Fsp3) is 0.133. The Morgan fingerprint density at radius 3 is 2.64 bits per heavy atom. The molecule has 0 heterocycles. The second-order valence-corrected chi connectivity index (χ2v) is 5.69. The number of nitrogens with one attached hydrogen (secondary N) is 1. The van der Waals surface area contributed by atoms with Crippen LogP contribution in [-0.2, 0) is 6.54 Å². The van der Waals surface area contributed by atoms with Crippen molar-refractivity contribution in [3.63, 3.8) is 0 Å². The van der Waals surface area contributed by atoms with Crippen molar-refractivity contribution in [2.75, 3.05) is 5.32 Å². The van der Waals surface area contributed by atoms with Gasteiger partial charge in [-0.1, -0.05) is 15.9 Å². The van der Waals surface area contributed by atoms with Crippen molar-refractivity contribution in [2.24, 2.45) is 5.73 Å². The number of primary amides is 1. The maximum Gasteiger partial charge on any atom is 0.275 e. The molecule has 0 radical (unpaired) electrons. The zero-order chi connectivity index (χ0) is 16.3. The molecule has 0 aliphatic carbocycles. The van der Waals surface area contributed by atoms with Crippen LogP contribution in [0.4, 0.5) is 11.4 Å². The van der Waals surface area contributed by atoms with Gasteiger partial charge in [0.15, 0.2) is 0 Å². The van der Waals surface area contributed by atoms with Gasteiger partial charge in [-0.05, 0) is 42.8 Å². The minimum Gasteiger partial charge on any atom is -0.380 e. The summed E-state index contributed by atoms with van der Waals surface area (Å²) < 4.78 is 0.965. The minimum atomic E-state index is -0.689. The van der Waals surface area contributed by atoms with Gasteiger partial charge in [0.1, 0.15) is 0 Å². The first-order valence-electron chi connectivity index (χ1n) is 6.45. The van der Waals surface area contributed by atoms with Crippen LogP contribution in [0.5, 0.6) is 0 Å². The molecule has 2 aromatic carbocycles. The number of carbonyl (C=O) groups is 1. The lowest BCUT2D eigenvalue weighted by Crippen LogP contribution is -2.12. The molecule has 0 aliphatic heterocycles. The predicted molar refractivity (Wildman–Crippen MR) is 87.8 cm³/mol. The molecule has 0 aliphatic rings. The van der Waals surface area contributed by atoms with E-state index in [-0.39, 0.29) is 17.8 Å². The number of nitrogens with zero attached hydrogens (tertiary/aromatic N) is 1. The van der Waals surface area contributed by atoms with Crippen molar-refractivity contribution >= 4 is 33.2 Å². The Balaban J connectivity index is 2.25. The lowest BCUT2D eigenvalue weighted by molar-refractivity contribution is -0.385. The quantitative estimate of drug-likeness (QED) is 0.628. The summed E-state index contributed by atoms with van der Waals surface area (Å²) in [7, 11) is 0. The van der Waals surface area contributed by atoms with Crippen LogP contribution >= 0.6 is 15.9 Å². The lowest BCUT2D eigenvalue weighted by atomic mass is 10.1. The van der Waals surface area contributed by atoms with Crippen LogP contribution in [-0.4, -0.2) is 10.8 Å². The Labute approximate surface area is 135 Å². The number of nitro benzene ring substituents is 1. The highest BCUT2D eigenvalue weighted by atomic mass is 79.9. The van der Waals surface area contributed by atoms with Crippen LogP contribution in [0.15, 0.2) is 40.9 Å². The summed E-state index contributed by atoms with van der Waals surface area (Å²) in [6.07, 6.45) is 0. The van der Waals surface area contributed by atoms with Crippen molar-refractivity contribution in [3.8, 4) is 0 Å². The number of nitrogens with two attached hydrogens (primary N) is 1. The Morgan fingerprint density at radius 2 is 2.05 bits per heavy atom. The van der Waals surface area contributed by atoms with E-state index >= 15 is 0 Å². The molecule has 2 rings (SSSR count). The number of hydrogen-bond donors (Lipinski definition) is 2. The molecule has 1 amide bonds. The van der Waals surface area contributed by atoms with E-state index in [1.807, 2.05) is 25.1 Å². The van der Waals surface area contributed by atoms with Crippen molar-refractivity contribution in [1.82, 2.24) is 0 Å². The summed E-state index contributed by atoms with van der Waals surface area (Å²) in [5.74, 6) is -0.689. The molecule has 0 saturated carbocycles. The monoisotopic (exact) mass is 363 g/mol. The molecular weight excluding hydrogens is 350 g/mol. The third-order valence-electron chi connectivity index (χ3n) is 3.22. The number of anilines is 1. The molecule has 0 atom stereocenters. The number of nitro groups is 1. The molecule has 114 valence electrons. The molecule has 7 heteroatoms. The Morgan fingerprint density at radius 1 is 1.32 bits per heavy atom. The number of benzene rings is 2. The summed E-state index contributed by atoms with van der Waals surface area (Å²) in [6, 6.07) is 9.96. The zero-order valence-corrected chi connectivity index (χ0v) is 13.4. The standard InChI is InChI=1S/C15H14BrN3O3/c1-9-6-12(16)4-5-13(9)18-8-11-3-2-10(15(17)20)7-14(11)19(21)22/h2-7,18H,8H2,1H3,(H2,17,20). The van der Waals surface area contributed by atoms with Gasteiger partial charge in [0.2, 0.25) is 5.91 Å². The number of amides is 1. The van der Waals surface area contributed by atoms with Crippen LogP contribution in [0.2, 0.25) is 0 Å². The van der Waals surface area contributed by atoms with Crippen LogP contribution < -0.4 is 11.1 Å². The Kier molecular flexibility index (Phi) is 4.77. The second kappa shape index (κ2) is 6.57. The maximum atomic E-state index is 11.1. The summed E-state index contributed by atoms with van der Waals surface area (Å²) >= 11 is 3.38. The van der Waals surface area contributed by atoms with E-state index in [1.165, 1.54) is 12.1 Å². The van der Waals surface area contributed by atoms with Gasteiger partial charge in [-0.3, -0.25) is 14.9 Å². The molecule has 0 aromatic heterocycles. The molecule has 22 heavy (non-hydrogen) atoms. The van der Waals surface area contributed by atoms with Crippen molar-refractivity contribution in [3.05, 3.63) is 67.7 Å². The molecule has 0 spiro atoms. The molecule has 3 N–H and O–H groups in total. The van der Waals surface area contributed by atoms with Crippen molar-refractivity contribution in [2.45, 2.75) is 13.5 Å². The summed E-state index contributed by atoms with van der Waals surface area (Å²) in [6.45, 7) is 2.22. The minimum absolute atomic E-state index is 0.121. The molecule has 6 nitrogen and oxygen atoms in total. The van der Waals surface area contributed by atoms with Crippen LogP contribution in [0.3, 0.4) is 0 Å². The van der Waals surface area contributed by atoms with E-state index in [0.717, 1.165) is 15.7 Å². The number of hydrogen-bond acceptors (Lipinski definition) is 4. The highest BCUT2D eigenvalue weighted by Gasteiger charge is 2.16. The second-order valence-electron chi connectivity index (χ2n) is 4.78. The molecule has 0 saturated heterocycles. The highest BCUT2D eigenvalue weighted by molar-refractivity contribution is 9.10. The smallest absolute Gasteiger partial charge is 0.275 e. The number of halogens is 1. The maximum absolute atomic E-state index is 11.1. The van der Waals surface area contributed by atoms with E-state index in [4.69, 9.17) is 5.73 Å². The van der Waals surface area contributed by atoms with Gasteiger partial charge < -0.3 is 11.1 Å². The molecule has 0 bridgehead atoms. The average molecular weight is 364 g/mol. The van der Waals surface area contributed by atoms with Crippen molar-refractivity contribution in [1.29, 1.82) is 0 Å². The van der Waals surface area contributed by atoms with Gasteiger partial charge in [0.25, 0.3) is 5.69 Å². The van der Waals surface area contributed by atoms with E-state index in [9.17, 15) is 14.9 Å². The third kappa shape index (κ3) is 3.62. The fourth-order valence-electron chi connectivity index (χ4n) is 2.05. The van der Waals surface area contributed by atoms with Crippen LogP contribution in [0.1, 0.15) is 21.5 Å². The van der Waals surface area contributed by atoms with Gasteiger partial charge >= 0.3 is 0 Å². The number of carbonyl (C=O) groups excluding carboxylic acids is 1. The van der Waals surface area contributed by atoms with Gasteiger partial charge in [0.05, 0.1) is 4.92 Å². The first-order valence-corrected chi connectivity index (χ1v) is 7.25. The topological polar surface area (TPSA) is 98.3 Å². The third-order valence-corrected chi connectivity index (χ3v) is 3.72. The zero-order valence-electron chi connectivity index (χ0n) is 11.8. The molecule has 0 unspecified atom stereocenters. The van der Waals surface area contributed by atoms with E-state index in [0.29, 0.717) is 5.56 Å². The van der Waals surface area contributed by atoms with Gasteiger partial charge in [0, 0.05) is 33.9 Å². The van der Waals surface area contributed by atoms with Crippen molar-refractivity contribution < 1.29 is 9.72 Å². The SMILES string of the molecule is Cc1cc(Br)ccc1NCc1ccc(C(N)=O)cc1[N+](=O)[O-]. The first-order chi connectivity index (χ1) is 10.4. The van der Waals surface area contributed by atoms with Gasteiger partial charge in [-0.15, -0.1) is 0 Å². The van der Waals surface area contributed by atoms with Gasteiger partial charge in [-0.25, -0.2) is 0 Å². The largest absolute Gasteiger partial charge is 0.380 e. The van der Waals surface area contributed by atoms with E-state index in [2.05, 4.69) is 21.2 Å². The molecular formula is C15H14BrN3O3. The predicted octanol–water partition coefficient (Wildman–Crippen LogP) is 3.38. The first kappa shape index (κ1) is 16.0. The fourth-order valence-corrected chi connectivity index (χ4v) is 2.53. The van der Waals surface area contributed by atoms with Crippen LogP contribution in [0, 0.1) is 17.0 Å². The normalized spacial score (nSPS) is 10.3. The van der Waals surface area contributed by atoms with E-state index in [1.54, 1.807) is 6.07 Å². The lowest BCUT2D eigenvalue weighted by Gasteiger charge is -2.10. The Hall–Kier alpha value is -2.41. The molecule has 0 fully saturated rings. The highest BCUT2D eigenvalue weighted by Crippen LogP contribution is 2.24.